The molecule has 1 aliphatic heterocycles. The highest BCUT2D eigenvalue weighted by Gasteiger charge is 2.25. The number of aryl methyl sites for hydroxylation is 1. The molecule has 0 spiro atoms. The quantitative estimate of drug-likeness (QED) is 0.301. The van der Waals surface area contributed by atoms with Gasteiger partial charge in [-0.15, -0.1) is 0 Å². The molecule has 0 saturated carbocycles. The number of para-hydroxylation sites is 2. The summed E-state index contributed by atoms with van der Waals surface area (Å²) in [6.45, 7) is 8.17. The highest BCUT2D eigenvalue weighted by Crippen LogP contribution is 2.50. The highest BCUT2D eigenvalue weighted by atomic mass is 16.6. The molecule has 0 amide bonds. The van der Waals surface area contributed by atoms with Crippen molar-refractivity contribution in [1.82, 2.24) is 4.57 Å². The van der Waals surface area contributed by atoms with Crippen molar-refractivity contribution in [2.75, 3.05) is 0 Å². The van der Waals surface area contributed by atoms with Gasteiger partial charge in [0.2, 0.25) is 0 Å². The second-order valence-electron chi connectivity index (χ2n) is 7.12. The molecule has 142 valence electrons. The molecule has 5 rings (SSSR count). The zero-order valence-corrected chi connectivity index (χ0v) is 16.5. The number of hydrogen-bond donors (Lipinski definition) is 0. The first kappa shape index (κ1) is 17.4. The predicted molar refractivity (Wildman–Crippen MR) is 120 cm³/mol. The van der Waals surface area contributed by atoms with Crippen LogP contribution in [0.15, 0.2) is 85.5 Å². The molecule has 4 aromatic rings. The minimum atomic E-state index is 0.714. The van der Waals surface area contributed by atoms with E-state index in [4.69, 9.17) is 9.47 Å². The van der Waals surface area contributed by atoms with Gasteiger partial charge >= 0.3 is 0 Å². The van der Waals surface area contributed by atoms with Crippen LogP contribution in [0.2, 0.25) is 0 Å². The molecule has 0 saturated heterocycles. The maximum Gasteiger partial charge on any atom is 0.194 e. The van der Waals surface area contributed by atoms with Crippen molar-refractivity contribution in [3.8, 4) is 23.0 Å². The van der Waals surface area contributed by atoms with E-state index in [1.807, 2.05) is 55.5 Å². The van der Waals surface area contributed by atoms with E-state index < -0.39 is 0 Å². The summed E-state index contributed by atoms with van der Waals surface area (Å²) in [5, 5.41) is 2.29. The van der Waals surface area contributed by atoms with Crippen LogP contribution in [0.25, 0.3) is 27.5 Å². The van der Waals surface area contributed by atoms with E-state index in [2.05, 4.69) is 48.4 Å². The maximum absolute atomic E-state index is 6.36. The molecule has 3 aromatic carbocycles. The standard InChI is InChI=1S/C26H21NO2/c1-4-6-9-18(5-2)27-21-16-17(3)12-13-19(21)20-14-15-24-26(25(20)27)29-23-11-8-7-10-22(23)28-24/h4-16H,2H2,1,3H3/b6-4-,18-9+. The van der Waals surface area contributed by atoms with Crippen molar-refractivity contribution in [1.29, 1.82) is 0 Å². The number of nitrogens with zero attached hydrogens (tertiary/aromatic N) is 1. The normalized spacial score (nSPS) is 13.2. The van der Waals surface area contributed by atoms with Crippen LogP contribution in [0, 0.1) is 6.92 Å². The minimum Gasteiger partial charge on any atom is -0.449 e. The third-order valence-electron chi connectivity index (χ3n) is 5.21. The van der Waals surface area contributed by atoms with Crippen LogP contribution in [0.3, 0.4) is 0 Å². The predicted octanol–water partition coefficient (Wildman–Crippen LogP) is 7.60. The van der Waals surface area contributed by atoms with Crippen molar-refractivity contribution in [3.05, 3.63) is 91.0 Å². The summed E-state index contributed by atoms with van der Waals surface area (Å²) in [5.41, 5.74) is 4.27. The van der Waals surface area contributed by atoms with E-state index in [0.29, 0.717) is 5.75 Å². The van der Waals surface area contributed by atoms with E-state index >= 15 is 0 Å². The zero-order valence-electron chi connectivity index (χ0n) is 16.5. The molecular weight excluding hydrogens is 358 g/mol. The van der Waals surface area contributed by atoms with E-state index in [1.54, 1.807) is 0 Å². The number of aromatic nitrogens is 1. The fourth-order valence-corrected chi connectivity index (χ4v) is 3.89. The Morgan fingerprint density at radius 1 is 0.931 bits per heavy atom. The maximum atomic E-state index is 6.36. The van der Waals surface area contributed by atoms with Gasteiger partial charge in [0, 0.05) is 16.5 Å². The van der Waals surface area contributed by atoms with E-state index in [1.165, 1.54) is 10.9 Å². The second kappa shape index (κ2) is 6.71. The largest absolute Gasteiger partial charge is 0.449 e. The Hall–Kier alpha value is -3.72. The summed E-state index contributed by atoms with van der Waals surface area (Å²) >= 11 is 0. The van der Waals surface area contributed by atoms with Crippen molar-refractivity contribution in [2.45, 2.75) is 13.8 Å². The molecule has 1 aromatic heterocycles. The van der Waals surface area contributed by atoms with Gasteiger partial charge < -0.3 is 14.0 Å². The first-order valence-electron chi connectivity index (χ1n) is 9.69. The number of fused-ring (bicyclic) bond motifs is 6. The lowest BCUT2D eigenvalue weighted by Gasteiger charge is -2.22. The van der Waals surface area contributed by atoms with Crippen molar-refractivity contribution < 1.29 is 9.47 Å². The Kier molecular flexibility index (Phi) is 4.02. The molecule has 0 atom stereocenters. The van der Waals surface area contributed by atoms with Crippen molar-refractivity contribution in [2.24, 2.45) is 0 Å². The number of ether oxygens (including phenoxy) is 2. The van der Waals surface area contributed by atoms with Gasteiger partial charge in [0.25, 0.3) is 0 Å². The lowest BCUT2D eigenvalue weighted by atomic mass is 10.1. The summed E-state index contributed by atoms with van der Waals surface area (Å²) in [6.07, 6.45) is 7.96. The molecular formula is C26H21NO2. The molecule has 0 bridgehead atoms. The molecule has 0 N–H and O–H groups in total. The van der Waals surface area contributed by atoms with Crippen LogP contribution in [0.1, 0.15) is 12.5 Å². The number of hydrogen-bond acceptors (Lipinski definition) is 2. The molecule has 2 heterocycles. The van der Waals surface area contributed by atoms with Crippen molar-refractivity contribution in [3.63, 3.8) is 0 Å². The lowest BCUT2D eigenvalue weighted by molar-refractivity contribution is 0.362. The average Bonchev–Trinajstić information content (AvgIpc) is 3.07. The van der Waals surface area contributed by atoms with Gasteiger partial charge in [-0.1, -0.05) is 43.0 Å². The van der Waals surface area contributed by atoms with Crippen molar-refractivity contribution >= 4 is 27.5 Å². The summed E-state index contributed by atoms with van der Waals surface area (Å²) < 4.78 is 14.7. The SMILES string of the molecule is C=C/C(=C\C=C/C)n1c2cc(C)ccc2c2ccc3c(c21)Oc1ccccc1O3. The smallest absolute Gasteiger partial charge is 0.194 e. The van der Waals surface area contributed by atoms with E-state index in [0.717, 1.165) is 39.4 Å². The van der Waals surface area contributed by atoms with Gasteiger partial charge in [0.05, 0.1) is 5.52 Å². The third kappa shape index (κ3) is 2.66. The van der Waals surface area contributed by atoms with Gasteiger partial charge in [0.1, 0.15) is 5.52 Å². The van der Waals surface area contributed by atoms with Crippen LogP contribution >= 0.6 is 0 Å². The third-order valence-corrected chi connectivity index (χ3v) is 5.21. The highest BCUT2D eigenvalue weighted by molar-refractivity contribution is 6.13. The Bertz CT molecular complexity index is 1340. The van der Waals surface area contributed by atoms with Crippen LogP contribution in [0.5, 0.6) is 23.0 Å². The van der Waals surface area contributed by atoms with Gasteiger partial charge in [-0.05, 0) is 61.9 Å². The molecule has 0 radical (unpaired) electrons. The van der Waals surface area contributed by atoms with Crippen LogP contribution < -0.4 is 9.47 Å². The summed E-state index contributed by atoms with van der Waals surface area (Å²) in [7, 11) is 0. The molecule has 3 nitrogen and oxygen atoms in total. The van der Waals surface area contributed by atoms with Gasteiger partial charge in [-0.2, -0.15) is 0 Å². The van der Waals surface area contributed by atoms with Crippen LogP contribution in [0.4, 0.5) is 0 Å². The molecule has 29 heavy (non-hydrogen) atoms. The molecule has 3 heteroatoms. The number of allylic oxidation sites excluding steroid dienone is 5. The molecule has 0 unspecified atom stereocenters. The number of rotatable bonds is 3. The topological polar surface area (TPSA) is 23.4 Å². The average molecular weight is 379 g/mol. The first-order valence-corrected chi connectivity index (χ1v) is 9.69. The minimum absolute atomic E-state index is 0.714. The lowest BCUT2D eigenvalue weighted by Crippen LogP contribution is -2.02. The number of benzene rings is 3. The summed E-state index contributed by atoms with van der Waals surface area (Å²) in [6, 6.07) is 18.4. The Labute approximate surface area is 169 Å². The fourth-order valence-electron chi connectivity index (χ4n) is 3.89. The molecule has 0 fully saturated rings. The summed E-state index contributed by atoms with van der Waals surface area (Å²) in [5.74, 6) is 2.89. The Morgan fingerprint density at radius 2 is 1.69 bits per heavy atom. The van der Waals surface area contributed by atoms with Crippen LogP contribution in [-0.2, 0) is 0 Å². The Morgan fingerprint density at radius 3 is 2.45 bits per heavy atom. The van der Waals surface area contributed by atoms with E-state index in [-0.39, 0.29) is 0 Å². The van der Waals surface area contributed by atoms with Gasteiger partial charge in [0.15, 0.2) is 23.0 Å². The van der Waals surface area contributed by atoms with E-state index in [9.17, 15) is 0 Å². The first-order chi connectivity index (χ1) is 14.2. The second-order valence-corrected chi connectivity index (χ2v) is 7.12. The fraction of sp³-hybridized carbons (Fsp3) is 0.0769. The monoisotopic (exact) mass is 379 g/mol. The Balaban J connectivity index is 1.90. The van der Waals surface area contributed by atoms with Gasteiger partial charge in [-0.3, -0.25) is 0 Å². The molecule has 0 aliphatic carbocycles. The summed E-state index contributed by atoms with van der Waals surface area (Å²) in [4.78, 5) is 0. The van der Waals surface area contributed by atoms with Crippen LogP contribution in [-0.4, -0.2) is 4.57 Å². The van der Waals surface area contributed by atoms with Gasteiger partial charge in [-0.25, -0.2) is 0 Å². The zero-order chi connectivity index (χ0) is 20.0. The molecule has 1 aliphatic rings.